The highest BCUT2D eigenvalue weighted by atomic mass is 35.5. The number of aliphatic carboxylic acids is 2. The van der Waals surface area contributed by atoms with Gasteiger partial charge < -0.3 is 15.1 Å². The lowest BCUT2D eigenvalue weighted by atomic mass is 9.97. The zero-order chi connectivity index (χ0) is 16.3. The molecule has 0 radical (unpaired) electrons. The summed E-state index contributed by atoms with van der Waals surface area (Å²) >= 11 is 5.69. The molecule has 3 rings (SSSR count). The van der Waals surface area contributed by atoms with Crippen molar-refractivity contribution in [1.29, 1.82) is 0 Å². The first-order valence-electron chi connectivity index (χ1n) is 6.44. The molecule has 1 aliphatic heterocycles. The lowest BCUT2D eigenvalue weighted by Crippen LogP contribution is -2.34. The molecular weight excluding hydrogens is 317 g/mol. The second kappa shape index (κ2) is 4.42. The smallest absolute Gasteiger partial charge is 0.312 e. The molecule has 8 heteroatoms. The molecule has 2 fully saturated rings. The van der Waals surface area contributed by atoms with E-state index in [-0.39, 0.29) is 30.1 Å². The Hall–Kier alpha value is -2.15. The highest BCUT2D eigenvalue weighted by Gasteiger charge is 2.81. The molecule has 1 aliphatic carbocycles. The third-order valence-electron chi connectivity index (χ3n) is 4.53. The van der Waals surface area contributed by atoms with Gasteiger partial charge in [-0.25, -0.2) is 4.39 Å². The number of amides is 1. The molecule has 2 N–H and O–H groups in total. The predicted molar refractivity (Wildman–Crippen MR) is 72.1 cm³/mol. The fourth-order valence-corrected chi connectivity index (χ4v) is 3.51. The van der Waals surface area contributed by atoms with Crippen molar-refractivity contribution in [2.24, 2.45) is 10.8 Å². The fraction of sp³-hybridized carbons (Fsp3) is 0.357. The van der Waals surface area contributed by atoms with Crippen LogP contribution < -0.4 is 0 Å². The Balaban J connectivity index is 1.91. The number of carbonyl (C=O) groups is 3. The molecule has 116 valence electrons. The Morgan fingerprint density at radius 2 is 1.64 bits per heavy atom. The topological polar surface area (TPSA) is 94.9 Å². The van der Waals surface area contributed by atoms with Crippen LogP contribution in [-0.4, -0.2) is 46.0 Å². The third-order valence-corrected chi connectivity index (χ3v) is 4.75. The van der Waals surface area contributed by atoms with Crippen LogP contribution in [0.15, 0.2) is 18.2 Å². The second-order valence-corrected chi connectivity index (χ2v) is 6.21. The lowest BCUT2D eigenvalue weighted by molar-refractivity contribution is -0.151. The SMILES string of the molecule is O=C(c1cc(F)cc(Cl)c1)N1C[C@@]2(C(=O)O)C[C@@]2(C(=O)O)C1. The van der Waals surface area contributed by atoms with Gasteiger partial charge in [-0.05, 0) is 24.6 Å². The third kappa shape index (κ3) is 1.81. The van der Waals surface area contributed by atoms with Crippen LogP contribution in [0.25, 0.3) is 0 Å². The van der Waals surface area contributed by atoms with Gasteiger partial charge in [0.05, 0.1) is 0 Å². The van der Waals surface area contributed by atoms with Gasteiger partial charge in [0.1, 0.15) is 16.6 Å². The summed E-state index contributed by atoms with van der Waals surface area (Å²) in [4.78, 5) is 36.3. The largest absolute Gasteiger partial charge is 0.481 e. The average molecular weight is 328 g/mol. The predicted octanol–water partition coefficient (Wildman–Crippen LogP) is 1.48. The summed E-state index contributed by atoms with van der Waals surface area (Å²) in [5.74, 6) is -3.79. The molecule has 1 saturated heterocycles. The van der Waals surface area contributed by atoms with Gasteiger partial charge in [-0.1, -0.05) is 11.6 Å². The first-order chi connectivity index (χ1) is 10.2. The van der Waals surface area contributed by atoms with E-state index >= 15 is 0 Å². The van der Waals surface area contributed by atoms with E-state index in [9.17, 15) is 29.0 Å². The summed E-state index contributed by atoms with van der Waals surface area (Å²) < 4.78 is 13.3. The summed E-state index contributed by atoms with van der Waals surface area (Å²) in [6, 6.07) is 3.29. The van der Waals surface area contributed by atoms with Crippen LogP contribution in [0.4, 0.5) is 4.39 Å². The minimum atomic E-state index is -1.45. The quantitative estimate of drug-likeness (QED) is 0.877. The minimum Gasteiger partial charge on any atom is -0.481 e. The van der Waals surface area contributed by atoms with Crippen molar-refractivity contribution < 1.29 is 29.0 Å². The number of halogens is 2. The zero-order valence-corrected chi connectivity index (χ0v) is 11.9. The van der Waals surface area contributed by atoms with Crippen LogP contribution in [0.2, 0.25) is 5.02 Å². The number of nitrogens with zero attached hydrogens (tertiary/aromatic N) is 1. The molecule has 0 aromatic heterocycles. The normalized spacial score (nSPS) is 29.1. The molecule has 2 atom stereocenters. The number of piperidine rings is 1. The Morgan fingerprint density at radius 1 is 1.09 bits per heavy atom. The number of carboxylic acids is 2. The number of hydrogen-bond acceptors (Lipinski definition) is 3. The van der Waals surface area contributed by atoms with Gasteiger partial charge in [-0.15, -0.1) is 0 Å². The number of carboxylic acid groups (broad SMARTS) is 2. The van der Waals surface area contributed by atoms with Gasteiger partial charge in [0, 0.05) is 23.7 Å². The minimum absolute atomic E-state index is 0.00163. The summed E-state index contributed by atoms with van der Waals surface area (Å²) in [6.07, 6.45) is -0.00163. The van der Waals surface area contributed by atoms with E-state index in [0.29, 0.717) is 0 Å². The Bertz CT molecular complexity index is 675. The molecule has 0 unspecified atom stereocenters. The van der Waals surface area contributed by atoms with Crippen LogP contribution in [0, 0.1) is 16.6 Å². The summed E-state index contributed by atoms with van der Waals surface area (Å²) in [5, 5.41) is 18.6. The molecule has 1 aromatic rings. The lowest BCUT2D eigenvalue weighted by Gasteiger charge is -2.20. The molecule has 0 bridgehead atoms. The van der Waals surface area contributed by atoms with Crippen LogP contribution in [-0.2, 0) is 9.59 Å². The average Bonchev–Trinajstić information content (AvgIpc) is 2.96. The molecule has 1 amide bonds. The number of carbonyl (C=O) groups excluding carboxylic acids is 1. The molecule has 22 heavy (non-hydrogen) atoms. The second-order valence-electron chi connectivity index (χ2n) is 5.77. The van der Waals surface area contributed by atoms with Crippen molar-refractivity contribution in [2.75, 3.05) is 13.1 Å². The van der Waals surface area contributed by atoms with Gasteiger partial charge in [-0.3, -0.25) is 14.4 Å². The van der Waals surface area contributed by atoms with Crippen molar-refractivity contribution >= 4 is 29.4 Å². The highest BCUT2D eigenvalue weighted by Crippen LogP contribution is 2.68. The summed E-state index contributed by atoms with van der Waals surface area (Å²) in [6.45, 7) is -0.413. The summed E-state index contributed by atoms with van der Waals surface area (Å²) in [5.41, 5.74) is -2.94. The first kappa shape index (κ1) is 14.8. The van der Waals surface area contributed by atoms with Crippen LogP contribution in [0.1, 0.15) is 16.8 Å². The van der Waals surface area contributed by atoms with E-state index in [2.05, 4.69) is 0 Å². The van der Waals surface area contributed by atoms with Gasteiger partial charge in [0.15, 0.2) is 0 Å². The highest BCUT2D eigenvalue weighted by molar-refractivity contribution is 6.31. The van der Waals surface area contributed by atoms with Gasteiger partial charge in [0.25, 0.3) is 5.91 Å². The maximum absolute atomic E-state index is 13.3. The number of fused-ring (bicyclic) bond motifs is 1. The molecule has 1 aromatic carbocycles. The van der Waals surface area contributed by atoms with Crippen molar-refractivity contribution in [3.8, 4) is 0 Å². The number of likely N-dealkylation sites (tertiary alicyclic amines) is 1. The van der Waals surface area contributed by atoms with Crippen LogP contribution in [0.3, 0.4) is 0 Å². The molecular formula is C14H11ClFNO5. The van der Waals surface area contributed by atoms with E-state index in [1.807, 2.05) is 0 Å². The first-order valence-corrected chi connectivity index (χ1v) is 6.82. The van der Waals surface area contributed by atoms with Crippen molar-refractivity contribution in [1.82, 2.24) is 4.90 Å². The van der Waals surface area contributed by atoms with Gasteiger partial charge >= 0.3 is 11.9 Å². The van der Waals surface area contributed by atoms with Crippen molar-refractivity contribution in [3.63, 3.8) is 0 Å². The molecule has 6 nitrogen and oxygen atoms in total. The summed E-state index contributed by atoms with van der Waals surface area (Å²) in [7, 11) is 0. The van der Waals surface area contributed by atoms with E-state index in [1.54, 1.807) is 0 Å². The molecule has 1 heterocycles. The number of rotatable bonds is 3. The van der Waals surface area contributed by atoms with Crippen molar-refractivity contribution in [3.05, 3.63) is 34.6 Å². The molecule has 1 saturated carbocycles. The fourth-order valence-electron chi connectivity index (χ4n) is 3.29. The number of hydrogen-bond donors (Lipinski definition) is 2. The van der Waals surface area contributed by atoms with E-state index < -0.39 is 34.5 Å². The van der Waals surface area contributed by atoms with E-state index in [1.165, 1.54) is 6.07 Å². The van der Waals surface area contributed by atoms with E-state index in [0.717, 1.165) is 17.0 Å². The van der Waals surface area contributed by atoms with Gasteiger partial charge in [-0.2, -0.15) is 0 Å². The van der Waals surface area contributed by atoms with Crippen LogP contribution >= 0.6 is 11.6 Å². The molecule has 2 aliphatic rings. The van der Waals surface area contributed by atoms with Gasteiger partial charge in [0.2, 0.25) is 0 Å². The Morgan fingerprint density at radius 3 is 2.09 bits per heavy atom. The maximum Gasteiger partial charge on any atom is 0.312 e. The molecule has 0 spiro atoms. The van der Waals surface area contributed by atoms with Crippen LogP contribution in [0.5, 0.6) is 0 Å². The Labute approximate surface area is 129 Å². The maximum atomic E-state index is 13.3. The van der Waals surface area contributed by atoms with E-state index in [4.69, 9.17) is 11.6 Å². The Kier molecular flexibility index (Phi) is 2.97. The van der Waals surface area contributed by atoms with Crippen molar-refractivity contribution in [2.45, 2.75) is 6.42 Å². The number of benzene rings is 1. The standard InChI is InChI=1S/C14H11ClFNO5/c15-8-1-7(2-9(16)3-8)10(18)17-5-13(11(19)20)4-14(13,6-17)12(21)22/h1-3H,4-6H2,(H,19,20)(H,21,22)/t13-,14+. The zero-order valence-electron chi connectivity index (χ0n) is 11.2. The monoisotopic (exact) mass is 327 g/mol.